The molecule has 2 bridgehead atoms. The number of carbonyl (C=O) groups excluding carboxylic acids is 3. The second kappa shape index (κ2) is 11.1. The summed E-state index contributed by atoms with van der Waals surface area (Å²) in [6.07, 6.45) is 0.747. The summed E-state index contributed by atoms with van der Waals surface area (Å²) in [5.41, 5.74) is 1.96. The molecule has 8 rings (SSSR count). The number of rotatable bonds is 7. The summed E-state index contributed by atoms with van der Waals surface area (Å²) >= 11 is 2.78. The van der Waals surface area contributed by atoms with Crippen LogP contribution < -0.4 is 24.6 Å². The average molecular weight is 658 g/mol. The highest BCUT2D eigenvalue weighted by molar-refractivity contribution is 8.00. The van der Waals surface area contributed by atoms with Crippen LogP contribution in [0.25, 0.3) is 0 Å². The SMILES string of the molecule is COc1cc([C@H]2c3sc(=O)[nH]c3SC3C4CC(C5C(=O)N(c6ccc(F)cc6)C(=O)C45)C32)ccc1OCC(=O)Nc1ccccc1. The highest BCUT2D eigenvalue weighted by Crippen LogP contribution is 2.68. The Balaban J connectivity index is 1.10. The van der Waals surface area contributed by atoms with E-state index >= 15 is 0 Å². The predicted octanol–water partition coefficient (Wildman–Crippen LogP) is 5.28. The maximum Gasteiger partial charge on any atom is 0.305 e. The molecule has 0 radical (unpaired) electrons. The van der Waals surface area contributed by atoms with Crippen LogP contribution in [0.3, 0.4) is 0 Å². The topological polar surface area (TPSA) is 118 Å². The maximum atomic E-state index is 13.9. The minimum Gasteiger partial charge on any atom is -0.493 e. The van der Waals surface area contributed by atoms with Gasteiger partial charge in [-0.15, -0.1) is 11.8 Å². The molecule has 234 valence electrons. The summed E-state index contributed by atoms with van der Waals surface area (Å²) < 4.78 is 25.2. The Kier molecular flexibility index (Phi) is 7.02. The van der Waals surface area contributed by atoms with Crippen LogP contribution in [0.15, 0.2) is 82.6 Å². The molecule has 4 aliphatic rings. The van der Waals surface area contributed by atoms with E-state index in [-0.39, 0.29) is 58.1 Å². The number of ether oxygens (including phenoxy) is 2. The van der Waals surface area contributed by atoms with Crippen molar-refractivity contribution < 1.29 is 28.2 Å². The van der Waals surface area contributed by atoms with E-state index in [1.807, 2.05) is 30.3 Å². The Bertz CT molecular complexity index is 1930. The van der Waals surface area contributed by atoms with Crippen molar-refractivity contribution in [3.05, 3.63) is 98.7 Å². The van der Waals surface area contributed by atoms with Crippen molar-refractivity contribution in [2.24, 2.45) is 29.6 Å². The second-order valence-electron chi connectivity index (χ2n) is 12.1. The van der Waals surface area contributed by atoms with E-state index in [4.69, 9.17) is 9.47 Å². The molecule has 6 unspecified atom stereocenters. The predicted molar refractivity (Wildman–Crippen MR) is 171 cm³/mol. The van der Waals surface area contributed by atoms with Crippen molar-refractivity contribution in [2.45, 2.75) is 22.6 Å². The second-order valence-corrected chi connectivity index (χ2v) is 14.3. The number of imide groups is 1. The molecule has 1 saturated heterocycles. The van der Waals surface area contributed by atoms with Gasteiger partial charge in [0.25, 0.3) is 5.91 Å². The van der Waals surface area contributed by atoms with Gasteiger partial charge < -0.3 is 19.8 Å². The van der Waals surface area contributed by atoms with Gasteiger partial charge in [-0.05, 0) is 78.3 Å². The van der Waals surface area contributed by atoms with Gasteiger partial charge in [-0.25, -0.2) is 4.39 Å². The van der Waals surface area contributed by atoms with Gasteiger partial charge in [0, 0.05) is 21.7 Å². The molecular formula is C34H28FN3O6S2. The number of hydrogen-bond donors (Lipinski definition) is 2. The summed E-state index contributed by atoms with van der Waals surface area (Å²) in [6, 6.07) is 20.2. The molecule has 7 atom stereocenters. The number of aromatic amines is 1. The van der Waals surface area contributed by atoms with Gasteiger partial charge in [0.1, 0.15) is 5.82 Å². The number of nitrogens with one attached hydrogen (secondary N) is 2. The van der Waals surface area contributed by atoms with Gasteiger partial charge in [0.15, 0.2) is 18.1 Å². The van der Waals surface area contributed by atoms with Crippen LogP contribution in [0, 0.1) is 35.4 Å². The Labute approximate surface area is 271 Å². The van der Waals surface area contributed by atoms with Crippen molar-refractivity contribution >= 4 is 52.2 Å². The summed E-state index contributed by atoms with van der Waals surface area (Å²) in [5.74, 6) is -1.63. The van der Waals surface area contributed by atoms with Crippen LogP contribution in [-0.2, 0) is 14.4 Å². The molecule has 1 aromatic heterocycles. The lowest BCUT2D eigenvalue weighted by atomic mass is 9.68. The number of methoxy groups -OCH3 is 1. The van der Waals surface area contributed by atoms with E-state index in [0.29, 0.717) is 22.9 Å². The van der Waals surface area contributed by atoms with Gasteiger partial charge >= 0.3 is 4.87 Å². The lowest BCUT2D eigenvalue weighted by Crippen LogP contribution is -2.42. The molecule has 2 saturated carbocycles. The number of para-hydroxylation sites is 1. The first kappa shape index (κ1) is 29.0. The molecule has 3 aromatic carbocycles. The van der Waals surface area contributed by atoms with Gasteiger partial charge in [0.05, 0.1) is 29.7 Å². The lowest BCUT2D eigenvalue weighted by molar-refractivity contribution is -0.123. The molecule has 3 fully saturated rings. The third-order valence-corrected chi connectivity index (χ3v) is 12.4. The van der Waals surface area contributed by atoms with Crippen molar-refractivity contribution in [1.82, 2.24) is 4.98 Å². The normalized spacial score (nSPS) is 27.3. The molecule has 12 heteroatoms. The third-order valence-electron chi connectivity index (χ3n) is 9.77. The molecule has 2 aliphatic carbocycles. The quantitative estimate of drug-likeness (QED) is 0.260. The van der Waals surface area contributed by atoms with E-state index in [1.165, 1.54) is 47.6 Å². The first-order chi connectivity index (χ1) is 22.3. The number of amides is 3. The largest absolute Gasteiger partial charge is 0.493 e. The summed E-state index contributed by atoms with van der Waals surface area (Å²) in [7, 11) is 1.53. The molecular weight excluding hydrogens is 630 g/mol. The number of benzene rings is 3. The molecule has 46 heavy (non-hydrogen) atoms. The number of H-pyrrole nitrogens is 1. The van der Waals surface area contributed by atoms with E-state index < -0.39 is 17.7 Å². The molecule has 2 aliphatic heterocycles. The Hall–Kier alpha value is -4.42. The van der Waals surface area contributed by atoms with Crippen LogP contribution >= 0.6 is 23.1 Å². The van der Waals surface area contributed by atoms with Gasteiger partial charge in [-0.1, -0.05) is 35.6 Å². The van der Waals surface area contributed by atoms with Crippen molar-refractivity contribution in [2.75, 3.05) is 23.9 Å². The summed E-state index contributed by atoms with van der Waals surface area (Å²) in [6.45, 7) is -0.216. The van der Waals surface area contributed by atoms with Crippen LogP contribution in [0.2, 0.25) is 0 Å². The number of nitrogens with zero attached hydrogens (tertiary/aromatic N) is 1. The minimum absolute atomic E-state index is 0.00626. The fraction of sp³-hybridized carbons (Fsp3) is 0.294. The molecule has 0 spiro atoms. The first-order valence-corrected chi connectivity index (χ1v) is 16.7. The highest BCUT2D eigenvalue weighted by atomic mass is 32.2. The van der Waals surface area contributed by atoms with Crippen molar-refractivity contribution in [3.8, 4) is 11.5 Å². The van der Waals surface area contributed by atoms with Gasteiger partial charge in [0.2, 0.25) is 11.8 Å². The van der Waals surface area contributed by atoms with Crippen LogP contribution in [0.5, 0.6) is 11.5 Å². The number of carbonyl (C=O) groups is 3. The Morgan fingerprint density at radius 3 is 2.46 bits per heavy atom. The first-order valence-electron chi connectivity index (χ1n) is 15.0. The number of fused-ring (bicyclic) bond motifs is 9. The van der Waals surface area contributed by atoms with E-state index in [0.717, 1.165) is 21.9 Å². The fourth-order valence-corrected chi connectivity index (χ4v) is 11.0. The van der Waals surface area contributed by atoms with E-state index in [1.54, 1.807) is 30.0 Å². The highest BCUT2D eigenvalue weighted by Gasteiger charge is 2.69. The van der Waals surface area contributed by atoms with Crippen molar-refractivity contribution in [1.29, 1.82) is 0 Å². The van der Waals surface area contributed by atoms with E-state index in [9.17, 15) is 23.6 Å². The zero-order valence-corrected chi connectivity index (χ0v) is 26.1. The fourth-order valence-electron chi connectivity index (χ4n) is 8.09. The molecule has 4 aromatic rings. The zero-order chi connectivity index (χ0) is 31.7. The van der Waals surface area contributed by atoms with Crippen LogP contribution in [-0.4, -0.2) is 41.7 Å². The average Bonchev–Trinajstić information content (AvgIpc) is 3.80. The zero-order valence-electron chi connectivity index (χ0n) is 24.5. The smallest absolute Gasteiger partial charge is 0.305 e. The minimum atomic E-state index is -0.475. The number of hydrogen-bond acceptors (Lipinski definition) is 8. The lowest BCUT2D eigenvalue weighted by Gasteiger charge is -2.43. The third kappa shape index (κ3) is 4.57. The van der Waals surface area contributed by atoms with Crippen LogP contribution in [0.4, 0.5) is 15.8 Å². The number of anilines is 2. The van der Waals surface area contributed by atoms with Gasteiger partial charge in [-0.3, -0.25) is 24.1 Å². The molecule has 3 heterocycles. The Morgan fingerprint density at radius 2 is 1.72 bits per heavy atom. The van der Waals surface area contributed by atoms with Crippen molar-refractivity contribution in [3.63, 3.8) is 0 Å². The number of aromatic nitrogens is 1. The van der Waals surface area contributed by atoms with Gasteiger partial charge in [-0.2, -0.15) is 0 Å². The number of thioether (sulfide) groups is 1. The number of halogens is 1. The molecule has 2 N–H and O–H groups in total. The monoisotopic (exact) mass is 657 g/mol. The van der Waals surface area contributed by atoms with E-state index in [2.05, 4.69) is 10.3 Å². The summed E-state index contributed by atoms with van der Waals surface area (Å²) in [5, 5.41) is 3.61. The standard InChI is InChI=1S/C34H28FN3O6S2/c1-43-23-13-16(7-12-22(23)44-15-24(39)36-18-5-3-2-4-6-18)25-26-20-14-21(29(26)45-31-30(25)46-34(42)37-31)28-27(20)32(40)38(33(28)41)19-10-8-17(35)9-11-19/h2-13,20-21,25-29H,14-15H2,1H3,(H,36,39)(H,37,42)/t20?,21?,25-,26?,27?,28?,29?/m1/s1. The summed E-state index contributed by atoms with van der Waals surface area (Å²) in [4.78, 5) is 57.8. The maximum absolute atomic E-state index is 13.9. The molecule has 9 nitrogen and oxygen atoms in total. The number of thiazole rings is 1. The van der Waals surface area contributed by atoms with Crippen LogP contribution in [0.1, 0.15) is 22.8 Å². The molecule has 3 amide bonds. The Morgan fingerprint density at radius 1 is 0.978 bits per heavy atom.